The molecule has 0 spiro atoms. The molecule has 0 saturated carbocycles. The summed E-state index contributed by atoms with van der Waals surface area (Å²) in [6.45, 7) is 3.32. The molecular weight excluding hydrogens is 139 g/mol. The molecule has 0 radical (unpaired) electrons. The maximum Gasteiger partial charge on any atom is 0.248 e. The molecule has 0 aliphatic rings. The van der Waals surface area contributed by atoms with Crippen LogP contribution in [0.1, 0.15) is 0 Å². The third-order valence-corrected chi connectivity index (χ3v) is 1.10. The number of carbonyl (C=O) groups is 1. The molecule has 1 rings (SSSR count). The van der Waals surface area contributed by atoms with Gasteiger partial charge in [-0.15, -0.1) is 0 Å². The van der Waals surface area contributed by atoms with E-state index in [-0.39, 0.29) is 5.91 Å². The molecule has 0 fully saturated rings. The first-order valence-corrected chi connectivity index (χ1v) is 3.17. The molecule has 1 aromatic heterocycles. The van der Waals surface area contributed by atoms with Gasteiger partial charge in [0.15, 0.2) is 0 Å². The highest BCUT2D eigenvalue weighted by molar-refractivity contribution is 5.98. The number of aromatic nitrogens is 1. The highest BCUT2D eigenvalue weighted by Gasteiger charge is 1.94. The second kappa shape index (κ2) is 3.51. The van der Waals surface area contributed by atoms with Gasteiger partial charge in [0.1, 0.15) is 5.82 Å². The van der Waals surface area contributed by atoms with Crippen LogP contribution >= 0.6 is 0 Å². The maximum absolute atomic E-state index is 10.7. The summed E-state index contributed by atoms with van der Waals surface area (Å²) >= 11 is 0. The molecule has 0 unspecified atom stereocenters. The molecule has 0 bridgehead atoms. The number of hydrogen-bond acceptors (Lipinski definition) is 2. The minimum atomic E-state index is -0.247. The number of amides is 1. The predicted octanol–water partition coefficient (Wildman–Crippen LogP) is 1.21. The lowest BCUT2D eigenvalue weighted by Crippen LogP contribution is -2.08. The zero-order valence-electron chi connectivity index (χ0n) is 5.95. The monoisotopic (exact) mass is 147 g/mol. The van der Waals surface area contributed by atoms with Gasteiger partial charge in [-0.3, -0.25) is 4.79 Å². The Hall–Kier alpha value is -1.64. The molecular formula is C8H8N2O. The lowest BCUT2D eigenvalue weighted by Gasteiger charge is -1.97. The summed E-state index contributed by atoms with van der Waals surface area (Å²) in [7, 11) is 0. The van der Waals surface area contributed by atoms with E-state index in [1.807, 2.05) is 0 Å². The maximum atomic E-state index is 10.7. The van der Waals surface area contributed by atoms with E-state index in [9.17, 15) is 4.79 Å². The number of rotatable bonds is 2. The highest BCUT2D eigenvalue weighted by atomic mass is 16.1. The molecule has 1 heterocycles. The van der Waals surface area contributed by atoms with Gasteiger partial charge in [0.05, 0.1) is 0 Å². The van der Waals surface area contributed by atoms with Crippen LogP contribution in [0.25, 0.3) is 0 Å². The third-order valence-electron chi connectivity index (χ3n) is 1.10. The summed E-state index contributed by atoms with van der Waals surface area (Å²) in [4.78, 5) is 14.6. The fraction of sp³-hybridized carbons (Fsp3) is 0. The van der Waals surface area contributed by atoms with Crippen molar-refractivity contribution in [3.63, 3.8) is 0 Å². The summed E-state index contributed by atoms with van der Waals surface area (Å²) in [6.07, 6.45) is 2.81. The Kier molecular flexibility index (Phi) is 2.38. The molecule has 0 aromatic carbocycles. The Morgan fingerprint density at radius 3 is 3.00 bits per heavy atom. The van der Waals surface area contributed by atoms with E-state index >= 15 is 0 Å². The lowest BCUT2D eigenvalue weighted by atomic mass is 10.0. The Morgan fingerprint density at radius 2 is 2.45 bits per heavy atom. The van der Waals surface area contributed by atoms with Gasteiger partial charge < -0.3 is 5.32 Å². The average Bonchev–Trinajstić information content (AvgIpc) is 2.06. The zero-order chi connectivity index (χ0) is 8.10. The second-order valence-corrected chi connectivity index (χ2v) is 1.91. The zero-order valence-corrected chi connectivity index (χ0v) is 5.95. The van der Waals surface area contributed by atoms with E-state index in [0.29, 0.717) is 5.82 Å². The summed E-state index contributed by atoms with van der Waals surface area (Å²) in [5.74, 6) is 0.293. The lowest BCUT2D eigenvalue weighted by molar-refractivity contribution is -0.111. The fourth-order valence-electron chi connectivity index (χ4n) is 0.614. The van der Waals surface area contributed by atoms with Crippen molar-refractivity contribution < 1.29 is 4.79 Å². The molecule has 56 valence electrons. The van der Waals surface area contributed by atoms with Crippen molar-refractivity contribution in [3.05, 3.63) is 37.1 Å². The minimum Gasteiger partial charge on any atom is -0.307 e. The van der Waals surface area contributed by atoms with Crippen molar-refractivity contribution in [3.8, 4) is 0 Å². The van der Waals surface area contributed by atoms with E-state index in [0.717, 1.165) is 0 Å². The van der Waals surface area contributed by atoms with Gasteiger partial charge in [-0.25, -0.2) is 4.98 Å². The largest absolute Gasteiger partial charge is 0.307 e. The number of nitrogens with one attached hydrogen (secondary N) is 1. The molecule has 11 heavy (non-hydrogen) atoms. The Morgan fingerprint density at radius 1 is 1.64 bits per heavy atom. The summed E-state index contributed by atoms with van der Waals surface area (Å²) in [6, 6.07) is 5.29. The SMILES string of the molecule is C=C[11C](=O)Nc1ccccn1. The molecule has 0 saturated heterocycles. The fourth-order valence-corrected chi connectivity index (χ4v) is 0.614. The first-order valence-electron chi connectivity index (χ1n) is 3.17. The number of pyridine rings is 1. The van der Waals surface area contributed by atoms with Gasteiger partial charge in [-0.05, 0) is 18.2 Å². The van der Waals surface area contributed by atoms with Gasteiger partial charge >= 0.3 is 0 Å². The Balaban J connectivity index is 2.65. The van der Waals surface area contributed by atoms with E-state index in [2.05, 4.69) is 16.9 Å². The highest BCUT2D eigenvalue weighted by Crippen LogP contribution is 1.98. The Labute approximate surface area is 64.8 Å². The van der Waals surface area contributed by atoms with Gasteiger partial charge in [0.2, 0.25) is 5.91 Å². The molecule has 1 N–H and O–H groups in total. The van der Waals surface area contributed by atoms with Gasteiger partial charge in [-0.2, -0.15) is 0 Å². The van der Waals surface area contributed by atoms with E-state index in [1.54, 1.807) is 24.4 Å². The number of nitrogens with zero attached hydrogens (tertiary/aromatic N) is 1. The summed E-state index contributed by atoms with van der Waals surface area (Å²) < 4.78 is 0. The van der Waals surface area contributed by atoms with E-state index in [4.69, 9.17) is 0 Å². The van der Waals surface area contributed by atoms with E-state index < -0.39 is 0 Å². The number of anilines is 1. The standard InChI is InChI=1S/C8H8N2O/c1-2-8(11)10-7-5-3-4-6-9-7/h2-6H,1H2,(H,9,10,11)/i8-1. The molecule has 0 aliphatic heterocycles. The average molecular weight is 147 g/mol. The van der Waals surface area contributed by atoms with Gasteiger partial charge in [0, 0.05) is 6.20 Å². The van der Waals surface area contributed by atoms with Crippen molar-refractivity contribution in [2.45, 2.75) is 0 Å². The second-order valence-electron chi connectivity index (χ2n) is 1.91. The van der Waals surface area contributed by atoms with Crippen molar-refractivity contribution in [2.24, 2.45) is 0 Å². The number of hydrogen-bond donors (Lipinski definition) is 1. The first-order chi connectivity index (χ1) is 5.33. The molecule has 0 atom stereocenters. The molecule has 3 nitrogen and oxygen atoms in total. The first kappa shape index (κ1) is 7.47. The van der Waals surface area contributed by atoms with Crippen LogP contribution in [-0.2, 0) is 4.79 Å². The molecule has 1 aromatic rings. The van der Waals surface area contributed by atoms with Crippen LogP contribution in [0.5, 0.6) is 0 Å². The minimum absolute atomic E-state index is 0.247. The van der Waals surface area contributed by atoms with Crippen LogP contribution in [-0.4, -0.2) is 10.9 Å². The van der Waals surface area contributed by atoms with Crippen LogP contribution in [0.4, 0.5) is 5.82 Å². The smallest absolute Gasteiger partial charge is 0.248 e. The Bertz CT molecular complexity index is 256. The number of carbonyl (C=O) groups excluding carboxylic acids is 1. The van der Waals surface area contributed by atoms with Gasteiger partial charge in [0.25, 0.3) is 0 Å². The van der Waals surface area contributed by atoms with Crippen LogP contribution in [0.15, 0.2) is 37.1 Å². The van der Waals surface area contributed by atoms with Crippen LogP contribution in [0.2, 0.25) is 0 Å². The molecule has 0 aliphatic carbocycles. The van der Waals surface area contributed by atoms with Crippen molar-refractivity contribution >= 4 is 11.7 Å². The van der Waals surface area contributed by atoms with Crippen molar-refractivity contribution in [1.82, 2.24) is 4.98 Å². The van der Waals surface area contributed by atoms with Crippen molar-refractivity contribution in [2.75, 3.05) is 5.32 Å². The third kappa shape index (κ3) is 2.21. The summed E-state index contributed by atoms with van der Waals surface area (Å²) in [5, 5.41) is 2.52. The molecule has 3 heteroatoms. The van der Waals surface area contributed by atoms with Crippen LogP contribution in [0, 0.1) is 0 Å². The van der Waals surface area contributed by atoms with Gasteiger partial charge in [-0.1, -0.05) is 12.6 Å². The molecule has 1 amide bonds. The van der Waals surface area contributed by atoms with Crippen LogP contribution < -0.4 is 5.32 Å². The van der Waals surface area contributed by atoms with E-state index in [1.165, 1.54) is 6.08 Å². The topological polar surface area (TPSA) is 42.0 Å². The summed E-state index contributed by atoms with van der Waals surface area (Å²) in [5.41, 5.74) is 0. The van der Waals surface area contributed by atoms with Crippen LogP contribution in [0.3, 0.4) is 0 Å². The van der Waals surface area contributed by atoms with Crippen molar-refractivity contribution in [1.29, 1.82) is 0 Å². The quantitative estimate of drug-likeness (QED) is 0.639. The predicted molar refractivity (Wildman–Crippen MR) is 43.1 cm³/mol. The normalized spacial score (nSPS) is 8.73.